The molecule has 1 unspecified atom stereocenters. The number of halogens is 2. The molecule has 4 rings (SSSR count). The lowest BCUT2D eigenvalue weighted by atomic mass is 9.83. The van der Waals surface area contributed by atoms with Gasteiger partial charge in [0.25, 0.3) is 0 Å². The van der Waals surface area contributed by atoms with E-state index in [0.29, 0.717) is 44.8 Å². The highest BCUT2D eigenvalue weighted by molar-refractivity contribution is 6.35. The number of esters is 1. The molecule has 178 valence electrons. The fourth-order valence-corrected chi connectivity index (χ4v) is 4.32. The van der Waals surface area contributed by atoms with Crippen molar-refractivity contribution in [1.82, 2.24) is 0 Å². The van der Waals surface area contributed by atoms with E-state index in [-0.39, 0.29) is 17.2 Å². The lowest BCUT2D eigenvalue weighted by Crippen LogP contribution is -2.21. The van der Waals surface area contributed by atoms with Gasteiger partial charge in [-0.25, -0.2) is 4.79 Å². The van der Waals surface area contributed by atoms with Gasteiger partial charge in [-0.05, 0) is 42.3 Å². The van der Waals surface area contributed by atoms with Crippen LogP contribution in [0.15, 0.2) is 72.1 Å². The van der Waals surface area contributed by atoms with Crippen LogP contribution < -0.4 is 19.9 Å². The summed E-state index contributed by atoms with van der Waals surface area (Å²) in [7, 11) is 0. The molecule has 2 N–H and O–H groups in total. The Kier molecular flexibility index (Phi) is 7.50. The molecule has 0 aliphatic carbocycles. The van der Waals surface area contributed by atoms with Gasteiger partial charge in [0, 0.05) is 21.7 Å². The van der Waals surface area contributed by atoms with Gasteiger partial charge in [0.1, 0.15) is 34.5 Å². The van der Waals surface area contributed by atoms with Crippen molar-refractivity contribution in [3.63, 3.8) is 0 Å². The molecule has 3 aromatic carbocycles. The molecule has 1 aliphatic heterocycles. The van der Waals surface area contributed by atoms with Gasteiger partial charge < -0.3 is 19.9 Å². The molecule has 3 aromatic rings. The third kappa shape index (κ3) is 5.22. The number of para-hydroxylation sites is 1. The number of allylic oxidation sites excluding steroid dienone is 1. The summed E-state index contributed by atoms with van der Waals surface area (Å²) in [5, 5.41) is 10.6. The number of nitriles is 1. The van der Waals surface area contributed by atoms with E-state index in [1.807, 2.05) is 0 Å². The highest BCUT2D eigenvalue weighted by Gasteiger charge is 2.32. The van der Waals surface area contributed by atoms with Crippen LogP contribution in [-0.2, 0) is 0 Å². The quantitative estimate of drug-likeness (QED) is 0.219. The average molecular weight is 509 g/mol. The lowest BCUT2D eigenvalue weighted by molar-refractivity contribution is 0.0730. The second-order valence-electron chi connectivity index (χ2n) is 7.88. The zero-order chi connectivity index (χ0) is 24.9. The van der Waals surface area contributed by atoms with Gasteiger partial charge in [-0.15, -0.1) is 0 Å². The standard InChI is InChI=1S/C27H22Cl2N2O4/c1-2-3-12-33-23-7-5-4-6-20(23)27(32)34-17-9-11-19-24(14-17)35-26(31)21(15-30)25(19)18-10-8-16(28)13-22(18)29/h4-11,13-14,25H,2-3,12,31H2,1H3. The fourth-order valence-electron chi connectivity index (χ4n) is 3.80. The predicted octanol–water partition coefficient (Wildman–Crippen LogP) is 6.61. The number of carbonyl (C=O) groups is 1. The Hall–Kier alpha value is -3.66. The molecule has 1 heterocycles. The van der Waals surface area contributed by atoms with E-state index in [1.165, 1.54) is 0 Å². The summed E-state index contributed by atoms with van der Waals surface area (Å²) >= 11 is 12.5. The number of fused-ring (bicyclic) bond motifs is 1. The first kappa shape index (κ1) is 24.5. The fraction of sp³-hybridized carbons (Fsp3) is 0.185. The minimum Gasteiger partial charge on any atom is -0.493 e. The van der Waals surface area contributed by atoms with Crippen LogP contribution in [0.5, 0.6) is 17.2 Å². The molecule has 1 atom stereocenters. The van der Waals surface area contributed by atoms with Gasteiger partial charge in [-0.2, -0.15) is 5.26 Å². The number of nitrogens with zero attached hydrogens (tertiary/aromatic N) is 1. The minimum absolute atomic E-state index is 0.0471. The SMILES string of the molecule is CCCCOc1ccccc1C(=O)Oc1ccc2c(c1)OC(N)=C(C#N)C2c1ccc(Cl)cc1Cl. The number of hydrogen-bond donors (Lipinski definition) is 1. The van der Waals surface area contributed by atoms with Gasteiger partial charge >= 0.3 is 5.97 Å². The van der Waals surface area contributed by atoms with Gasteiger partial charge in [-0.1, -0.05) is 60.8 Å². The summed E-state index contributed by atoms with van der Waals surface area (Å²) in [6.45, 7) is 2.57. The first-order valence-electron chi connectivity index (χ1n) is 11.0. The molecule has 0 bridgehead atoms. The topological polar surface area (TPSA) is 94.6 Å². The van der Waals surface area contributed by atoms with Crippen LogP contribution in [0.2, 0.25) is 10.0 Å². The monoisotopic (exact) mass is 508 g/mol. The predicted molar refractivity (Wildman–Crippen MR) is 134 cm³/mol. The first-order chi connectivity index (χ1) is 16.9. The van der Waals surface area contributed by atoms with Crippen LogP contribution in [-0.4, -0.2) is 12.6 Å². The molecule has 1 aliphatic rings. The van der Waals surface area contributed by atoms with Crippen LogP contribution in [0.25, 0.3) is 0 Å². The van der Waals surface area contributed by atoms with Crippen LogP contribution in [0.3, 0.4) is 0 Å². The normalized spacial score (nSPS) is 14.5. The van der Waals surface area contributed by atoms with Crippen LogP contribution in [0.4, 0.5) is 0 Å². The molecule has 35 heavy (non-hydrogen) atoms. The van der Waals surface area contributed by atoms with Crippen molar-refractivity contribution in [1.29, 1.82) is 5.26 Å². The van der Waals surface area contributed by atoms with E-state index >= 15 is 0 Å². The van der Waals surface area contributed by atoms with Crippen molar-refractivity contribution in [3.05, 3.63) is 98.9 Å². The van der Waals surface area contributed by atoms with Crippen LogP contribution in [0.1, 0.15) is 47.2 Å². The highest BCUT2D eigenvalue weighted by atomic mass is 35.5. The number of carbonyl (C=O) groups excluding carboxylic acids is 1. The molecule has 8 heteroatoms. The van der Waals surface area contributed by atoms with E-state index in [2.05, 4.69) is 13.0 Å². The second kappa shape index (κ2) is 10.7. The minimum atomic E-state index is -0.564. The number of unbranched alkanes of at least 4 members (excludes halogenated alkanes) is 1. The molecule has 6 nitrogen and oxygen atoms in total. The van der Waals surface area contributed by atoms with Crippen LogP contribution in [0, 0.1) is 11.3 Å². The Labute approximate surface area is 213 Å². The summed E-state index contributed by atoms with van der Waals surface area (Å²) in [6, 6.07) is 19.0. The summed E-state index contributed by atoms with van der Waals surface area (Å²) in [5.41, 5.74) is 7.93. The van der Waals surface area contributed by atoms with E-state index in [0.717, 1.165) is 12.8 Å². The smallest absolute Gasteiger partial charge is 0.347 e. The summed E-state index contributed by atoms with van der Waals surface area (Å²) in [6.07, 6.45) is 1.86. The van der Waals surface area contributed by atoms with E-state index in [1.54, 1.807) is 60.7 Å². The van der Waals surface area contributed by atoms with Crippen molar-refractivity contribution >= 4 is 29.2 Å². The van der Waals surface area contributed by atoms with Crippen molar-refractivity contribution in [2.75, 3.05) is 6.61 Å². The molecule has 0 radical (unpaired) electrons. The summed E-state index contributed by atoms with van der Waals surface area (Å²) in [4.78, 5) is 12.9. The Bertz CT molecular complexity index is 1350. The lowest BCUT2D eigenvalue weighted by Gasteiger charge is -2.27. The van der Waals surface area contributed by atoms with Crippen LogP contribution >= 0.6 is 23.2 Å². The molecule has 0 spiro atoms. The van der Waals surface area contributed by atoms with E-state index in [9.17, 15) is 10.1 Å². The van der Waals surface area contributed by atoms with Crippen molar-refractivity contribution < 1.29 is 19.0 Å². The molecule has 0 saturated carbocycles. The third-order valence-electron chi connectivity index (χ3n) is 5.54. The zero-order valence-electron chi connectivity index (χ0n) is 18.9. The Morgan fingerprint density at radius 1 is 1.11 bits per heavy atom. The molecular formula is C27H22Cl2N2O4. The third-order valence-corrected chi connectivity index (χ3v) is 6.10. The number of benzene rings is 3. The molecular weight excluding hydrogens is 487 g/mol. The Morgan fingerprint density at radius 2 is 1.89 bits per heavy atom. The zero-order valence-corrected chi connectivity index (χ0v) is 20.4. The maximum Gasteiger partial charge on any atom is 0.347 e. The van der Waals surface area contributed by atoms with Crippen molar-refractivity contribution in [2.24, 2.45) is 5.73 Å². The maximum absolute atomic E-state index is 12.9. The maximum atomic E-state index is 12.9. The Morgan fingerprint density at radius 3 is 2.63 bits per heavy atom. The number of nitrogens with two attached hydrogens (primary N) is 1. The highest BCUT2D eigenvalue weighted by Crippen LogP contribution is 2.45. The summed E-state index contributed by atoms with van der Waals surface area (Å²) < 4.78 is 17.1. The summed E-state index contributed by atoms with van der Waals surface area (Å²) in [5.74, 6) is -0.100. The molecule has 0 amide bonds. The van der Waals surface area contributed by atoms with Gasteiger partial charge in [0.2, 0.25) is 5.88 Å². The Balaban J connectivity index is 1.64. The molecule has 0 fully saturated rings. The van der Waals surface area contributed by atoms with Gasteiger partial charge in [0.05, 0.1) is 12.5 Å². The van der Waals surface area contributed by atoms with Gasteiger partial charge in [0.15, 0.2) is 0 Å². The number of rotatable bonds is 7. The molecule has 0 aromatic heterocycles. The number of ether oxygens (including phenoxy) is 3. The van der Waals surface area contributed by atoms with Crippen molar-refractivity contribution in [3.8, 4) is 23.3 Å². The van der Waals surface area contributed by atoms with E-state index in [4.69, 9.17) is 43.1 Å². The van der Waals surface area contributed by atoms with Gasteiger partial charge in [-0.3, -0.25) is 0 Å². The number of hydrogen-bond acceptors (Lipinski definition) is 6. The molecule has 0 saturated heterocycles. The largest absolute Gasteiger partial charge is 0.493 e. The van der Waals surface area contributed by atoms with Crippen molar-refractivity contribution in [2.45, 2.75) is 25.7 Å². The first-order valence-corrected chi connectivity index (χ1v) is 11.8. The van der Waals surface area contributed by atoms with E-state index < -0.39 is 11.9 Å². The average Bonchev–Trinajstić information content (AvgIpc) is 2.84. The second-order valence-corrected chi connectivity index (χ2v) is 8.72.